The molecule has 2 rings (SSSR count). The molecule has 0 aromatic heterocycles. The molecule has 3 nitrogen and oxygen atoms in total. The second-order valence-electron chi connectivity index (χ2n) is 7.32. The van der Waals surface area contributed by atoms with Crippen molar-refractivity contribution < 1.29 is 15.3 Å². The van der Waals surface area contributed by atoms with Crippen molar-refractivity contribution in [3.05, 3.63) is 0 Å². The SMILES string of the molecule is CC(C)C1CC[C@](C)(O)[C@@H]2CC[C@](C)(O)[C@H]2C1O. The summed E-state index contributed by atoms with van der Waals surface area (Å²) in [5, 5.41) is 31.9. The van der Waals surface area contributed by atoms with Crippen molar-refractivity contribution >= 4 is 0 Å². The van der Waals surface area contributed by atoms with Gasteiger partial charge >= 0.3 is 0 Å². The number of hydrogen-bond acceptors (Lipinski definition) is 3. The van der Waals surface area contributed by atoms with Gasteiger partial charge in [0, 0.05) is 5.92 Å². The Labute approximate surface area is 110 Å². The first kappa shape index (κ1) is 14.3. The molecule has 2 aliphatic rings. The van der Waals surface area contributed by atoms with E-state index in [2.05, 4.69) is 13.8 Å². The first-order valence-electron chi connectivity index (χ1n) is 7.29. The van der Waals surface area contributed by atoms with E-state index in [-0.39, 0.29) is 17.8 Å². The fraction of sp³-hybridized carbons (Fsp3) is 1.00. The molecule has 0 amide bonds. The summed E-state index contributed by atoms with van der Waals surface area (Å²) < 4.78 is 0. The summed E-state index contributed by atoms with van der Waals surface area (Å²) in [5.41, 5.74) is -1.60. The van der Waals surface area contributed by atoms with Crippen molar-refractivity contribution in [2.45, 2.75) is 70.7 Å². The van der Waals surface area contributed by atoms with Crippen LogP contribution in [0.25, 0.3) is 0 Å². The van der Waals surface area contributed by atoms with Crippen LogP contribution in [0.1, 0.15) is 53.4 Å². The summed E-state index contributed by atoms with van der Waals surface area (Å²) in [7, 11) is 0. The summed E-state index contributed by atoms with van der Waals surface area (Å²) in [6, 6.07) is 0. The molecule has 0 spiro atoms. The zero-order valence-corrected chi connectivity index (χ0v) is 12.1. The van der Waals surface area contributed by atoms with Crippen molar-refractivity contribution in [2.75, 3.05) is 0 Å². The summed E-state index contributed by atoms with van der Waals surface area (Å²) in [4.78, 5) is 0. The van der Waals surface area contributed by atoms with E-state index < -0.39 is 17.3 Å². The molecule has 3 heteroatoms. The van der Waals surface area contributed by atoms with E-state index in [1.807, 2.05) is 13.8 Å². The Hall–Kier alpha value is -0.120. The van der Waals surface area contributed by atoms with Gasteiger partial charge in [0.25, 0.3) is 0 Å². The van der Waals surface area contributed by atoms with Gasteiger partial charge in [-0.25, -0.2) is 0 Å². The lowest BCUT2D eigenvalue weighted by atomic mass is 9.73. The minimum absolute atomic E-state index is 0.0197. The van der Waals surface area contributed by atoms with Crippen LogP contribution in [0.3, 0.4) is 0 Å². The van der Waals surface area contributed by atoms with Gasteiger partial charge in [-0.05, 0) is 57.3 Å². The maximum atomic E-state index is 10.7. The van der Waals surface area contributed by atoms with E-state index in [9.17, 15) is 15.3 Å². The van der Waals surface area contributed by atoms with Crippen molar-refractivity contribution in [1.82, 2.24) is 0 Å². The van der Waals surface area contributed by atoms with Crippen LogP contribution < -0.4 is 0 Å². The molecule has 2 saturated carbocycles. The van der Waals surface area contributed by atoms with E-state index in [1.54, 1.807) is 0 Å². The van der Waals surface area contributed by atoms with Gasteiger partial charge in [-0.1, -0.05) is 13.8 Å². The minimum Gasteiger partial charge on any atom is -0.392 e. The van der Waals surface area contributed by atoms with Gasteiger partial charge < -0.3 is 15.3 Å². The Balaban J connectivity index is 2.36. The zero-order chi connectivity index (χ0) is 13.7. The normalized spacial score (nSPS) is 53.3. The number of aliphatic hydroxyl groups excluding tert-OH is 1. The van der Waals surface area contributed by atoms with Crippen LogP contribution in [0.15, 0.2) is 0 Å². The van der Waals surface area contributed by atoms with E-state index in [0.717, 1.165) is 19.3 Å². The number of hydrogen-bond donors (Lipinski definition) is 3. The predicted molar refractivity (Wildman–Crippen MR) is 71.0 cm³/mol. The number of fused-ring (bicyclic) bond motifs is 1. The van der Waals surface area contributed by atoms with Gasteiger partial charge in [0.15, 0.2) is 0 Å². The second kappa shape index (κ2) is 4.46. The molecule has 0 aromatic carbocycles. The highest BCUT2D eigenvalue weighted by Gasteiger charge is 2.56. The lowest BCUT2D eigenvalue weighted by Crippen LogP contribution is -2.47. The van der Waals surface area contributed by atoms with Gasteiger partial charge in [-0.3, -0.25) is 0 Å². The topological polar surface area (TPSA) is 60.7 Å². The van der Waals surface area contributed by atoms with E-state index in [0.29, 0.717) is 12.3 Å². The average molecular weight is 256 g/mol. The van der Waals surface area contributed by atoms with Gasteiger partial charge in [0.1, 0.15) is 0 Å². The van der Waals surface area contributed by atoms with E-state index in [1.165, 1.54) is 0 Å². The molecule has 0 saturated heterocycles. The van der Waals surface area contributed by atoms with Crippen molar-refractivity contribution in [3.63, 3.8) is 0 Å². The lowest BCUT2D eigenvalue weighted by molar-refractivity contribution is -0.101. The number of aliphatic hydroxyl groups is 3. The third-order valence-electron chi connectivity index (χ3n) is 5.56. The predicted octanol–water partition coefficient (Wildman–Crippen LogP) is 1.94. The van der Waals surface area contributed by atoms with Gasteiger partial charge in [0.05, 0.1) is 17.3 Å². The van der Waals surface area contributed by atoms with Crippen LogP contribution in [0.2, 0.25) is 0 Å². The first-order valence-corrected chi connectivity index (χ1v) is 7.29. The smallest absolute Gasteiger partial charge is 0.0676 e. The fourth-order valence-electron chi connectivity index (χ4n) is 4.34. The molecule has 0 bridgehead atoms. The van der Waals surface area contributed by atoms with Crippen LogP contribution in [0, 0.1) is 23.7 Å². The standard InChI is InChI=1S/C15H28O3/c1-9(2)10-5-7-14(3,17)11-6-8-15(4,18)12(11)13(10)16/h9-13,16-18H,5-8H2,1-4H3/t10?,11-,12-,13?,14+,15+/m1/s1. The third kappa shape index (κ3) is 2.21. The molecule has 2 aliphatic carbocycles. The molecular formula is C15H28O3. The Morgan fingerprint density at radius 2 is 1.56 bits per heavy atom. The minimum atomic E-state index is -0.842. The van der Waals surface area contributed by atoms with Gasteiger partial charge in [0.2, 0.25) is 0 Å². The van der Waals surface area contributed by atoms with E-state index in [4.69, 9.17) is 0 Å². The Bertz CT molecular complexity index is 309. The van der Waals surface area contributed by atoms with Crippen LogP contribution in [0.4, 0.5) is 0 Å². The highest BCUT2D eigenvalue weighted by Crippen LogP contribution is 2.52. The van der Waals surface area contributed by atoms with Crippen LogP contribution in [0.5, 0.6) is 0 Å². The maximum absolute atomic E-state index is 10.7. The van der Waals surface area contributed by atoms with Crippen molar-refractivity contribution in [1.29, 1.82) is 0 Å². The summed E-state index contributed by atoms with van der Waals surface area (Å²) in [6.45, 7) is 7.93. The van der Waals surface area contributed by atoms with Crippen LogP contribution >= 0.6 is 0 Å². The van der Waals surface area contributed by atoms with Crippen molar-refractivity contribution in [3.8, 4) is 0 Å². The number of rotatable bonds is 1. The largest absolute Gasteiger partial charge is 0.392 e. The van der Waals surface area contributed by atoms with Crippen LogP contribution in [-0.4, -0.2) is 32.6 Å². The van der Waals surface area contributed by atoms with Gasteiger partial charge in [-0.15, -0.1) is 0 Å². The molecule has 0 heterocycles. The first-order chi connectivity index (χ1) is 8.17. The van der Waals surface area contributed by atoms with Crippen LogP contribution in [-0.2, 0) is 0 Å². The molecule has 106 valence electrons. The highest BCUT2D eigenvalue weighted by molar-refractivity contribution is 5.07. The van der Waals surface area contributed by atoms with Crippen molar-refractivity contribution in [2.24, 2.45) is 23.7 Å². The second-order valence-corrected chi connectivity index (χ2v) is 7.32. The molecule has 6 atom stereocenters. The monoisotopic (exact) mass is 256 g/mol. The molecule has 2 fully saturated rings. The summed E-state index contributed by atoms with van der Waals surface area (Å²) in [5.74, 6) is 0.385. The van der Waals surface area contributed by atoms with Gasteiger partial charge in [-0.2, -0.15) is 0 Å². The Morgan fingerprint density at radius 1 is 1.00 bits per heavy atom. The molecule has 2 unspecified atom stereocenters. The fourth-order valence-corrected chi connectivity index (χ4v) is 4.34. The molecule has 18 heavy (non-hydrogen) atoms. The average Bonchev–Trinajstić information content (AvgIpc) is 2.48. The van der Waals surface area contributed by atoms with E-state index >= 15 is 0 Å². The third-order valence-corrected chi connectivity index (χ3v) is 5.56. The zero-order valence-electron chi connectivity index (χ0n) is 12.1. The molecule has 3 N–H and O–H groups in total. The maximum Gasteiger partial charge on any atom is 0.0676 e. The summed E-state index contributed by atoms with van der Waals surface area (Å²) >= 11 is 0. The quantitative estimate of drug-likeness (QED) is 0.672. The molecule has 0 aliphatic heterocycles. The Kier molecular flexibility index (Phi) is 3.54. The molecular weight excluding hydrogens is 228 g/mol. The summed E-state index contributed by atoms with van der Waals surface area (Å²) in [6.07, 6.45) is 2.56. The molecule has 0 radical (unpaired) electrons. The molecule has 0 aromatic rings. The lowest BCUT2D eigenvalue weighted by Gasteiger charge is -2.39. The highest BCUT2D eigenvalue weighted by atomic mass is 16.3. The Morgan fingerprint density at radius 3 is 2.11 bits per heavy atom.